The van der Waals surface area contributed by atoms with E-state index in [9.17, 15) is 4.79 Å². The van der Waals surface area contributed by atoms with Crippen molar-refractivity contribution in [2.75, 3.05) is 24.4 Å². The Morgan fingerprint density at radius 2 is 1.93 bits per heavy atom. The van der Waals surface area contributed by atoms with Gasteiger partial charge in [-0.3, -0.25) is 4.79 Å². The number of nitrogens with zero attached hydrogens (tertiary/aromatic N) is 3. The number of aromatic nitrogens is 3. The van der Waals surface area contributed by atoms with Crippen molar-refractivity contribution in [3.63, 3.8) is 0 Å². The predicted molar refractivity (Wildman–Crippen MR) is 172 cm³/mol. The molecule has 1 aliphatic rings. The molecule has 42 heavy (non-hydrogen) atoms. The summed E-state index contributed by atoms with van der Waals surface area (Å²) in [5.74, 6) is 2.07. The topological polar surface area (TPSA) is 90.3 Å². The summed E-state index contributed by atoms with van der Waals surface area (Å²) >= 11 is 11.5. The number of fused-ring (bicyclic) bond motifs is 1. The zero-order valence-electron chi connectivity index (χ0n) is 23.5. The first-order valence-corrected chi connectivity index (χ1v) is 15.7. The fourth-order valence-electron chi connectivity index (χ4n) is 4.63. The zero-order valence-corrected chi connectivity index (χ0v) is 26.6. The minimum Gasteiger partial charge on any atom is -0.493 e. The van der Waals surface area contributed by atoms with E-state index in [4.69, 9.17) is 31.2 Å². The molecule has 1 unspecified atom stereocenters. The van der Waals surface area contributed by atoms with E-state index in [2.05, 4.69) is 33.5 Å². The summed E-state index contributed by atoms with van der Waals surface area (Å²) in [5.41, 5.74) is 3.66. The number of unbranched alkanes of at least 4 members (excludes halogenated alkanes) is 1. The van der Waals surface area contributed by atoms with Gasteiger partial charge in [-0.1, -0.05) is 73.1 Å². The predicted octanol–water partition coefficient (Wildman–Crippen LogP) is 8.10. The van der Waals surface area contributed by atoms with Gasteiger partial charge < -0.3 is 20.1 Å². The Bertz CT molecular complexity index is 1610. The summed E-state index contributed by atoms with van der Waals surface area (Å²) in [7, 11) is 1.61. The summed E-state index contributed by atoms with van der Waals surface area (Å²) in [5, 5.41) is 12.4. The molecule has 1 amide bonds. The molecule has 0 fully saturated rings. The summed E-state index contributed by atoms with van der Waals surface area (Å²) < 4.78 is 14.3. The van der Waals surface area contributed by atoms with Crippen LogP contribution in [0.25, 0.3) is 0 Å². The summed E-state index contributed by atoms with van der Waals surface area (Å²) in [6, 6.07) is 20.3. The molecule has 2 N–H and O–H groups in total. The number of allylic oxidation sites excluding steroid dienone is 1. The van der Waals surface area contributed by atoms with E-state index >= 15 is 0 Å². The molecular formula is C31H31BrClN5O3S. The van der Waals surface area contributed by atoms with Gasteiger partial charge in [-0.2, -0.15) is 4.98 Å². The maximum atomic E-state index is 13.8. The molecule has 0 aliphatic carbocycles. The molecule has 0 spiro atoms. The third-order valence-corrected chi connectivity index (χ3v) is 8.58. The molecule has 218 valence electrons. The number of hydrogen-bond donors (Lipinski definition) is 2. The third-order valence-electron chi connectivity index (χ3n) is 6.74. The molecule has 2 heterocycles. The molecule has 3 aromatic carbocycles. The largest absolute Gasteiger partial charge is 0.493 e. The maximum absolute atomic E-state index is 13.8. The van der Waals surface area contributed by atoms with Crippen LogP contribution in [0.5, 0.6) is 11.5 Å². The molecule has 11 heteroatoms. The average Bonchev–Trinajstić information content (AvgIpc) is 3.39. The number of nitrogens with one attached hydrogen (secondary N) is 2. The lowest BCUT2D eigenvalue weighted by Gasteiger charge is -2.29. The van der Waals surface area contributed by atoms with Crippen molar-refractivity contribution in [3.8, 4) is 11.5 Å². The van der Waals surface area contributed by atoms with Gasteiger partial charge in [0.1, 0.15) is 6.04 Å². The highest BCUT2D eigenvalue weighted by Crippen LogP contribution is 2.43. The van der Waals surface area contributed by atoms with Crippen LogP contribution in [0.1, 0.15) is 43.9 Å². The van der Waals surface area contributed by atoms with Gasteiger partial charge in [-0.15, -0.1) is 5.10 Å². The van der Waals surface area contributed by atoms with Crippen LogP contribution < -0.4 is 20.1 Å². The van der Waals surface area contributed by atoms with Crippen LogP contribution in [0.3, 0.4) is 0 Å². The van der Waals surface area contributed by atoms with E-state index in [1.54, 1.807) is 11.8 Å². The van der Waals surface area contributed by atoms with Crippen molar-refractivity contribution < 1.29 is 14.3 Å². The maximum Gasteiger partial charge on any atom is 0.255 e. The lowest BCUT2D eigenvalue weighted by Crippen LogP contribution is -2.31. The van der Waals surface area contributed by atoms with E-state index in [0.717, 1.165) is 28.4 Å². The van der Waals surface area contributed by atoms with Crippen LogP contribution in [0.15, 0.2) is 87.6 Å². The van der Waals surface area contributed by atoms with E-state index in [0.29, 0.717) is 56.9 Å². The average molecular weight is 669 g/mol. The SMILES string of the molecule is CCCCOc1c(Br)cc(C2C(C(=O)Nc3ccccc3)=C(C)Nc3nc(SCc4ccccc4Cl)nn32)cc1OC. The lowest BCUT2D eigenvalue weighted by atomic mass is 9.94. The van der Waals surface area contributed by atoms with Crippen molar-refractivity contribution in [3.05, 3.63) is 98.6 Å². The van der Waals surface area contributed by atoms with E-state index in [-0.39, 0.29) is 5.91 Å². The van der Waals surface area contributed by atoms with Gasteiger partial charge in [0, 0.05) is 22.2 Å². The van der Waals surface area contributed by atoms with Crippen LogP contribution in [0, 0.1) is 0 Å². The van der Waals surface area contributed by atoms with Crippen molar-refractivity contribution in [2.45, 2.75) is 43.6 Å². The van der Waals surface area contributed by atoms with Gasteiger partial charge in [0.15, 0.2) is 11.5 Å². The number of carbonyl (C=O) groups is 1. The third kappa shape index (κ3) is 6.61. The highest BCUT2D eigenvalue weighted by Gasteiger charge is 2.35. The molecule has 0 saturated carbocycles. The number of benzene rings is 3. The van der Waals surface area contributed by atoms with E-state index in [1.807, 2.05) is 73.7 Å². The Morgan fingerprint density at radius 3 is 2.67 bits per heavy atom. The van der Waals surface area contributed by atoms with Crippen molar-refractivity contribution in [2.24, 2.45) is 0 Å². The standard InChI is InChI=1S/C31H31BrClN5O3S/c1-4-5-15-41-28-23(32)16-21(17-25(28)40-3)27-26(29(39)35-22-12-7-6-8-13-22)19(2)34-30-36-31(37-38(27)30)42-18-20-11-9-10-14-24(20)33/h6-14,16-17,27H,4-5,15,18H2,1-3H3,(H,35,39)(H,34,36,37). The summed E-state index contributed by atoms with van der Waals surface area (Å²) in [6.07, 6.45) is 1.94. The number of amides is 1. The highest BCUT2D eigenvalue weighted by atomic mass is 79.9. The Labute approximate surface area is 263 Å². The molecule has 1 atom stereocenters. The number of para-hydroxylation sites is 1. The number of ether oxygens (including phenoxy) is 2. The monoisotopic (exact) mass is 667 g/mol. The highest BCUT2D eigenvalue weighted by molar-refractivity contribution is 9.10. The Hall–Kier alpha value is -3.47. The Kier molecular flexibility index (Phi) is 9.76. The molecule has 0 saturated heterocycles. The van der Waals surface area contributed by atoms with Gasteiger partial charge >= 0.3 is 0 Å². The van der Waals surface area contributed by atoms with Crippen LogP contribution in [0.2, 0.25) is 5.02 Å². The minimum atomic E-state index is -0.595. The molecule has 0 radical (unpaired) electrons. The Morgan fingerprint density at radius 1 is 1.17 bits per heavy atom. The molecule has 0 bridgehead atoms. The van der Waals surface area contributed by atoms with Gasteiger partial charge in [0.2, 0.25) is 11.1 Å². The first-order valence-electron chi connectivity index (χ1n) is 13.6. The fraction of sp³-hybridized carbons (Fsp3) is 0.258. The number of halogens is 2. The smallest absolute Gasteiger partial charge is 0.255 e. The first-order chi connectivity index (χ1) is 20.4. The second-order valence-corrected chi connectivity index (χ2v) is 11.9. The molecule has 8 nitrogen and oxygen atoms in total. The van der Waals surface area contributed by atoms with Crippen molar-refractivity contribution >= 4 is 56.8 Å². The lowest BCUT2D eigenvalue weighted by molar-refractivity contribution is -0.113. The summed E-state index contributed by atoms with van der Waals surface area (Å²) in [4.78, 5) is 18.6. The molecule has 5 rings (SSSR count). The normalized spacial score (nSPS) is 14.3. The van der Waals surface area contributed by atoms with Crippen LogP contribution in [-0.4, -0.2) is 34.4 Å². The second-order valence-electron chi connectivity index (χ2n) is 9.67. The van der Waals surface area contributed by atoms with E-state index < -0.39 is 6.04 Å². The molecule has 1 aliphatic heterocycles. The number of rotatable bonds is 11. The Balaban J connectivity index is 1.55. The number of carbonyl (C=O) groups excluding carboxylic acids is 1. The minimum absolute atomic E-state index is 0.249. The van der Waals surface area contributed by atoms with Gasteiger partial charge in [-0.25, -0.2) is 4.68 Å². The van der Waals surface area contributed by atoms with Gasteiger partial charge in [0.05, 0.1) is 23.8 Å². The van der Waals surface area contributed by atoms with Crippen molar-refractivity contribution in [1.29, 1.82) is 0 Å². The fourth-order valence-corrected chi connectivity index (χ4v) is 6.32. The number of thioether (sulfide) groups is 1. The number of anilines is 2. The quantitative estimate of drug-likeness (QED) is 0.123. The first kappa shape index (κ1) is 30.0. The van der Waals surface area contributed by atoms with Crippen LogP contribution in [0.4, 0.5) is 11.6 Å². The molecule has 1 aromatic heterocycles. The second kappa shape index (κ2) is 13.7. The van der Waals surface area contributed by atoms with Crippen molar-refractivity contribution in [1.82, 2.24) is 14.8 Å². The van der Waals surface area contributed by atoms with Crippen LogP contribution >= 0.6 is 39.3 Å². The number of methoxy groups -OCH3 is 1. The van der Waals surface area contributed by atoms with Crippen LogP contribution in [-0.2, 0) is 10.5 Å². The molecular weight excluding hydrogens is 638 g/mol. The molecule has 4 aromatic rings. The van der Waals surface area contributed by atoms with Gasteiger partial charge in [-0.05, 0) is 70.7 Å². The summed E-state index contributed by atoms with van der Waals surface area (Å²) in [6.45, 7) is 4.56. The van der Waals surface area contributed by atoms with Gasteiger partial charge in [0.25, 0.3) is 5.91 Å². The number of hydrogen-bond acceptors (Lipinski definition) is 7. The zero-order chi connectivity index (χ0) is 29.6. The van der Waals surface area contributed by atoms with E-state index in [1.165, 1.54) is 11.8 Å².